The zero-order valence-electron chi connectivity index (χ0n) is 16.6. The Morgan fingerprint density at radius 1 is 0.857 bits per heavy atom. The summed E-state index contributed by atoms with van der Waals surface area (Å²) in [7, 11) is 1.43. The zero-order valence-corrected chi connectivity index (χ0v) is 16.6. The fraction of sp³-hybridized carbons (Fsp3) is 0.360. The number of hydrogen-bond acceptors (Lipinski definition) is 3. The summed E-state index contributed by atoms with van der Waals surface area (Å²) >= 11 is 0. The molecule has 0 amide bonds. The lowest BCUT2D eigenvalue weighted by Gasteiger charge is -2.17. The van der Waals surface area contributed by atoms with Crippen molar-refractivity contribution in [3.8, 4) is 0 Å². The van der Waals surface area contributed by atoms with E-state index in [1.54, 1.807) is 0 Å². The number of hydrogen-bond donors (Lipinski definition) is 0. The molecule has 146 valence electrons. The predicted molar refractivity (Wildman–Crippen MR) is 114 cm³/mol. The summed E-state index contributed by atoms with van der Waals surface area (Å²) in [6.07, 6.45) is 10.6. The van der Waals surface area contributed by atoms with Gasteiger partial charge in [-0.3, -0.25) is 0 Å². The van der Waals surface area contributed by atoms with Crippen LogP contribution in [0.25, 0.3) is 0 Å². The van der Waals surface area contributed by atoms with Gasteiger partial charge in [-0.2, -0.15) is 0 Å². The Morgan fingerprint density at radius 3 is 1.86 bits per heavy atom. The van der Waals surface area contributed by atoms with E-state index < -0.39 is 0 Å². The van der Waals surface area contributed by atoms with Gasteiger partial charge in [-0.05, 0) is 24.8 Å². The maximum absolute atomic E-state index is 12.5. The predicted octanol–water partition coefficient (Wildman–Crippen LogP) is 5.94. The second-order valence-corrected chi connectivity index (χ2v) is 7.34. The first-order chi connectivity index (χ1) is 13.8. The Balaban J connectivity index is 2.01. The Kier molecular flexibility index (Phi) is 7.60. The largest absolute Gasteiger partial charge is 0.464 e. The Hall–Kier alpha value is -2.68. The average Bonchev–Trinajstić information content (AvgIpc) is 2.73. The number of allylic oxidation sites excluding steroid dienone is 1. The van der Waals surface area contributed by atoms with Gasteiger partial charge in [0.25, 0.3) is 0 Å². The highest BCUT2D eigenvalue weighted by atomic mass is 16.5. The first kappa shape index (κ1) is 20.1. The quantitative estimate of drug-likeness (QED) is 0.368. The number of benzene rings is 2. The van der Waals surface area contributed by atoms with Crippen LogP contribution in [-0.2, 0) is 9.53 Å². The van der Waals surface area contributed by atoms with E-state index in [1.807, 2.05) is 66.7 Å². The molecule has 0 saturated heterocycles. The first-order valence-corrected chi connectivity index (χ1v) is 10.3. The van der Waals surface area contributed by atoms with Crippen molar-refractivity contribution in [1.82, 2.24) is 0 Å². The third kappa shape index (κ3) is 5.66. The van der Waals surface area contributed by atoms with Gasteiger partial charge in [0, 0.05) is 11.1 Å². The Labute approximate surface area is 168 Å². The van der Waals surface area contributed by atoms with Crippen molar-refractivity contribution in [2.45, 2.75) is 44.9 Å². The molecule has 0 radical (unpaired) electrons. The highest BCUT2D eigenvalue weighted by Gasteiger charge is 2.17. The molecule has 1 aliphatic carbocycles. The van der Waals surface area contributed by atoms with Crippen LogP contribution in [-0.4, -0.2) is 18.8 Å². The highest BCUT2D eigenvalue weighted by Crippen LogP contribution is 2.25. The van der Waals surface area contributed by atoms with Crippen molar-refractivity contribution in [2.75, 3.05) is 7.11 Å². The lowest BCUT2D eigenvalue weighted by atomic mass is 9.90. The summed E-state index contributed by atoms with van der Waals surface area (Å²) in [6.45, 7) is 0. The fourth-order valence-corrected chi connectivity index (χ4v) is 3.74. The minimum atomic E-state index is -0.369. The van der Waals surface area contributed by atoms with Gasteiger partial charge >= 0.3 is 5.97 Å². The topological polar surface area (TPSA) is 38.7 Å². The van der Waals surface area contributed by atoms with Crippen LogP contribution in [0.3, 0.4) is 0 Å². The number of methoxy groups -OCH3 is 1. The highest BCUT2D eigenvalue weighted by molar-refractivity contribution is 6.14. The number of nitrogens with zero attached hydrogens (tertiary/aromatic N) is 1. The van der Waals surface area contributed by atoms with Crippen molar-refractivity contribution in [3.63, 3.8) is 0 Å². The van der Waals surface area contributed by atoms with Gasteiger partial charge in [0.15, 0.2) is 0 Å². The van der Waals surface area contributed by atoms with Crippen LogP contribution in [0, 0.1) is 5.92 Å². The molecule has 2 aromatic rings. The van der Waals surface area contributed by atoms with E-state index >= 15 is 0 Å². The number of esters is 1. The first-order valence-electron chi connectivity index (χ1n) is 10.3. The van der Waals surface area contributed by atoms with Crippen LogP contribution >= 0.6 is 0 Å². The van der Waals surface area contributed by atoms with Gasteiger partial charge in [0.1, 0.15) is 5.70 Å². The van der Waals surface area contributed by atoms with Gasteiger partial charge in [-0.25, -0.2) is 9.79 Å². The summed E-state index contributed by atoms with van der Waals surface area (Å²) in [5.74, 6) is 0.0115. The summed E-state index contributed by atoms with van der Waals surface area (Å²) < 4.78 is 5.07. The molecule has 1 fully saturated rings. The molecule has 1 aliphatic rings. The molecule has 0 atom stereocenters. The molecule has 0 N–H and O–H groups in total. The van der Waals surface area contributed by atoms with Gasteiger partial charge in [-0.1, -0.05) is 92.8 Å². The van der Waals surface area contributed by atoms with E-state index in [0.717, 1.165) is 29.7 Å². The molecule has 0 spiro atoms. The number of ether oxygens (including phenoxy) is 1. The zero-order chi connectivity index (χ0) is 19.6. The van der Waals surface area contributed by atoms with Crippen LogP contribution in [0.15, 0.2) is 77.4 Å². The molecule has 0 bridgehead atoms. The van der Waals surface area contributed by atoms with Gasteiger partial charge in [0.2, 0.25) is 0 Å². The van der Waals surface area contributed by atoms with Crippen molar-refractivity contribution >= 4 is 11.7 Å². The van der Waals surface area contributed by atoms with Gasteiger partial charge < -0.3 is 4.74 Å². The number of carbonyl (C=O) groups is 1. The van der Waals surface area contributed by atoms with Gasteiger partial charge in [0.05, 0.1) is 12.8 Å². The maximum atomic E-state index is 12.5. The fourth-order valence-electron chi connectivity index (χ4n) is 3.74. The lowest BCUT2D eigenvalue weighted by molar-refractivity contribution is -0.136. The van der Waals surface area contributed by atoms with Crippen LogP contribution in [0.2, 0.25) is 0 Å². The summed E-state index contributed by atoms with van der Waals surface area (Å²) in [6, 6.07) is 20.0. The summed E-state index contributed by atoms with van der Waals surface area (Å²) in [5, 5.41) is 0. The molecule has 0 aromatic heterocycles. The van der Waals surface area contributed by atoms with E-state index in [0.29, 0.717) is 11.6 Å². The number of rotatable bonds is 5. The molecule has 1 saturated carbocycles. The molecule has 0 heterocycles. The smallest absolute Gasteiger partial charge is 0.356 e. The Morgan fingerprint density at radius 2 is 1.36 bits per heavy atom. The second-order valence-electron chi connectivity index (χ2n) is 7.34. The van der Waals surface area contributed by atoms with E-state index in [1.165, 1.54) is 39.2 Å². The van der Waals surface area contributed by atoms with Crippen LogP contribution in [0.4, 0.5) is 0 Å². The molecule has 0 aliphatic heterocycles. The molecule has 3 rings (SSSR count). The second kappa shape index (κ2) is 10.6. The molecule has 3 heteroatoms. The van der Waals surface area contributed by atoms with E-state index in [-0.39, 0.29) is 5.97 Å². The summed E-state index contributed by atoms with van der Waals surface area (Å²) in [5.41, 5.74) is 3.18. The van der Waals surface area contributed by atoms with Crippen LogP contribution in [0.5, 0.6) is 0 Å². The van der Waals surface area contributed by atoms with Crippen LogP contribution < -0.4 is 0 Å². The van der Waals surface area contributed by atoms with Crippen molar-refractivity contribution in [2.24, 2.45) is 10.9 Å². The van der Waals surface area contributed by atoms with Crippen molar-refractivity contribution in [3.05, 3.63) is 83.6 Å². The lowest BCUT2D eigenvalue weighted by Crippen LogP contribution is -2.11. The SMILES string of the molecule is COC(=O)/C(=C/C1CCCCCCC1)N=C(c1ccccc1)c1ccccc1. The Bertz CT molecular complexity index is 759. The van der Waals surface area contributed by atoms with E-state index in [9.17, 15) is 4.79 Å². The van der Waals surface area contributed by atoms with E-state index in [2.05, 4.69) is 0 Å². The maximum Gasteiger partial charge on any atom is 0.356 e. The monoisotopic (exact) mass is 375 g/mol. The molecular formula is C25H29NO2. The average molecular weight is 376 g/mol. The molecular weight excluding hydrogens is 346 g/mol. The van der Waals surface area contributed by atoms with Crippen LogP contribution in [0.1, 0.15) is 56.1 Å². The van der Waals surface area contributed by atoms with Crippen molar-refractivity contribution < 1.29 is 9.53 Å². The molecule has 28 heavy (non-hydrogen) atoms. The van der Waals surface area contributed by atoms with E-state index in [4.69, 9.17) is 9.73 Å². The van der Waals surface area contributed by atoms with Gasteiger partial charge in [-0.15, -0.1) is 0 Å². The minimum absolute atomic E-state index is 0.369. The number of carbonyl (C=O) groups excluding carboxylic acids is 1. The molecule has 0 unspecified atom stereocenters. The minimum Gasteiger partial charge on any atom is -0.464 e. The third-order valence-corrected chi connectivity index (χ3v) is 5.26. The standard InChI is InChI=1S/C25H29NO2/c1-28-25(27)23(19-20-13-7-3-2-4-8-14-20)26-24(21-15-9-5-10-16-21)22-17-11-6-12-18-22/h5-6,9-12,15-20H,2-4,7-8,13-14H2,1H3/b23-19-. The summed E-state index contributed by atoms with van der Waals surface area (Å²) in [4.78, 5) is 17.4. The normalized spacial score (nSPS) is 16.0. The number of aliphatic imine (C=N–C) groups is 1. The third-order valence-electron chi connectivity index (χ3n) is 5.26. The molecule has 3 nitrogen and oxygen atoms in total. The molecule has 2 aromatic carbocycles. The van der Waals surface area contributed by atoms with Crippen molar-refractivity contribution in [1.29, 1.82) is 0 Å².